The standard InChI is InChI=1S/C4H6O4/c5-3-8-2-1-4(6)7/h3H,1-2H2,(H,6,7). The van der Waals surface area contributed by atoms with E-state index in [1.54, 1.807) is 0 Å². The summed E-state index contributed by atoms with van der Waals surface area (Å²) in [4.78, 5) is 19.0. The van der Waals surface area contributed by atoms with Crippen molar-refractivity contribution < 1.29 is 19.4 Å². The molecule has 0 spiro atoms. The largest absolute Gasteiger partial charge is 0.481 e. The number of carboxylic acid groups (broad SMARTS) is 1. The van der Waals surface area contributed by atoms with Gasteiger partial charge in [-0.3, -0.25) is 9.59 Å². The van der Waals surface area contributed by atoms with Crippen LogP contribution in [0.3, 0.4) is 0 Å². The van der Waals surface area contributed by atoms with E-state index in [-0.39, 0.29) is 19.5 Å². The minimum absolute atomic E-state index is 0.0428. The highest BCUT2D eigenvalue weighted by Gasteiger charge is 1.93. The molecule has 46 valence electrons. The number of ether oxygens (including phenoxy) is 1. The fraction of sp³-hybridized carbons (Fsp3) is 0.500. The molecule has 0 rings (SSSR count). The van der Waals surface area contributed by atoms with Gasteiger partial charge in [0.15, 0.2) is 0 Å². The van der Waals surface area contributed by atoms with E-state index in [1.807, 2.05) is 0 Å². The molecule has 0 atom stereocenters. The SMILES string of the molecule is O=COCCC(=O)O. The van der Waals surface area contributed by atoms with Gasteiger partial charge in [0.1, 0.15) is 6.61 Å². The normalized spacial score (nSPS) is 8.00. The molecule has 0 aromatic heterocycles. The lowest BCUT2D eigenvalue weighted by atomic mass is 10.5. The molecule has 4 nitrogen and oxygen atoms in total. The van der Waals surface area contributed by atoms with Crippen LogP contribution in [0, 0.1) is 0 Å². The molecule has 0 aliphatic carbocycles. The molecular weight excluding hydrogens is 112 g/mol. The maximum atomic E-state index is 9.68. The van der Waals surface area contributed by atoms with E-state index in [2.05, 4.69) is 4.74 Å². The Morgan fingerprint density at radius 2 is 2.38 bits per heavy atom. The van der Waals surface area contributed by atoms with Crippen molar-refractivity contribution in [3.05, 3.63) is 0 Å². The average molecular weight is 118 g/mol. The van der Waals surface area contributed by atoms with Gasteiger partial charge in [-0.25, -0.2) is 0 Å². The highest BCUT2D eigenvalue weighted by atomic mass is 16.5. The Labute approximate surface area is 46.1 Å². The molecule has 0 aromatic rings. The number of carbonyl (C=O) groups is 2. The number of carboxylic acids is 1. The predicted octanol–water partition coefficient (Wildman–Crippen LogP) is -0.366. The van der Waals surface area contributed by atoms with Crippen LogP contribution in [0.15, 0.2) is 0 Å². The van der Waals surface area contributed by atoms with E-state index in [0.29, 0.717) is 0 Å². The first-order chi connectivity index (χ1) is 3.77. The third kappa shape index (κ3) is 4.94. The third-order valence-corrected chi connectivity index (χ3v) is 0.502. The lowest BCUT2D eigenvalue weighted by Crippen LogP contribution is -2.00. The van der Waals surface area contributed by atoms with Gasteiger partial charge in [-0.1, -0.05) is 0 Å². The highest BCUT2D eigenvalue weighted by molar-refractivity contribution is 5.66. The molecule has 0 fully saturated rings. The molecule has 0 aromatic carbocycles. The average Bonchev–Trinajstić information content (AvgIpc) is 1.66. The molecule has 0 bridgehead atoms. The minimum atomic E-state index is -0.966. The highest BCUT2D eigenvalue weighted by Crippen LogP contribution is 1.77. The van der Waals surface area contributed by atoms with Crippen molar-refractivity contribution >= 4 is 12.4 Å². The second-order valence-corrected chi connectivity index (χ2v) is 1.11. The summed E-state index contributed by atoms with van der Waals surface area (Å²) in [5, 5.41) is 7.94. The first kappa shape index (κ1) is 6.94. The lowest BCUT2D eigenvalue weighted by molar-refractivity contribution is -0.139. The van der Waals surface area contributed by atoms with E-state index >= 15 is 0 Å². The zero-order valence-corrected chi connectivity index (χ0v) is 4.16. The molecule has 0 unspecified atom stereocenters. The zero-order chi connectivity index (χ0) is 6.41. The summed E-state index contributed by atoms with van der Waals surface area (Å²) < 4.78 is 4.08. The smallest absolute Gasteiger partial charge is 0.306 e. The predicted molar refractivity (Wildman–Crippen MR) is 24.3 cm³/mol. The molecule has 1 N–H and O–H groups in total. The number of carbonyl (C=O) groups excluding carboxylic acids is 1. The molecule has 0 aliphatic rings. The Hall–Kier alpha value is -1.06. The molecule has 0 saturated heterocycles. The number of rotatable bonds is 4. The maximum Gasteiger partial charge on any atom is 0.306 e. The van der Waals surface area contributed by atoms with Gasteiger partial charge in [0.05, 0.1) is 6.42 Å². The Balaban J connectivity index is 2.93. The summed E-state index contributed by atoms with van der Waals surface area (Å²) in [6.07, 6.45) is -0.126. The van der Waals surface area contributed by atoms with Gasteiger partial charge >= 0.3 is 5.97 Å². The van der Waals surface area contributed by atoms with Gasteiger partial charge in [0.25, 0.3) is 6.47 Å². The van der Waals surface area contributed by atoms with Crippen molar-refractivity contribution in [2.45, 2.75) is 6.42 Å². The quantitative estimate of drug-likeness (QED) is 0.404. The second kappa shape index (κ2) is 4.11. The molecule has 4 heteroatoms. The van der Waals surface area contributed by atoms with Crippen molar-refractivity contribution in [2.75, 3.05) is 6.61 Å². The first-order valence-electron chi connectivity index (χ1n) is 2.04. The van der Waals surface area contributed by atoms with Crippen LogP contribution in [0.1, 0.15) is 6.42 Å². The van der Waals surface area contributed by atoms with Crippen molar-refractivity contribution in [2.24, 2.45) is 0 Å². The molecule has 0 amide bonds. The van der Waals surface area contributed by atoms with Crippen molar-refractivity contribution in [1.82, 2.24) is 0 Å². The molecular formula is C4H6O4. The van der Waals surface area contributed by atoms with Crippen LogP contribution in [-0.4, -0.2) is 24.2 Å². The first-order valence-corrected chi connectivity index (χ1v) is 2.04. The summed E-state index contributed by atoms with van der Waals surface area (Å²) in [6.45, 7) is 0.182. The molecule has 0 radical (unpaired) electrons. The van der Waals surface area contributed by atoms with Crippen LogP contribution < -0.4 is 0 Å². The molecule has 0 aliphatic heterocycles. The van der Waals surface area contributed by atoms with Gasteiger partial charge < -0.3 is 9.84 Å². The van der Waals surface area contributed by atoms with E-state index < -0.39 is 5.97 Å². The van der Waals surface area contributed by atoms with E-state index in [9.17, 15) is 9.59 Å². The van der Waals surface area contributed by atoms with Gasteiger partial charge in [-0.15, -0.1) is 0 Å². The van der Waals surface area contributed by atoms with Crippen LogP contribution in [0.5, 0.6) is 0 Å². The van der Waals surface area contributed by atoms with Crippen LogP contribution in [0.25, 0.3) is 0 Å². The Morgan fingerprint density at radius 1 is 1.75 bits per heavy atom. The van der Waals surface area contributed by atoms with E-state index in [4.69, 9.17) is 5.11 Å². The van der Waals surface area contributed by atoms with Gasteiger partial charge in [0, 0.05) is 0 Å². The number of hydrogen-bond donors (Lipinski definition) is 1. The van der Waals surface area contributed by atoms with Gasteiger partial charge in [-0.05, 0) is 0 Å². The number of hydrogen-bond acceptors (Lipinski definition) is 3. The summed E-state index contributed by atoms with van der Waals surface area (Å²) in [5.74, 6) is -0.966. The summed E-state index contributed by atoms with van der Waals surface area (Å²) in [6, 6.07) is 0. The zero-order valence-electron chi connectivity index (χ0n) is 4.16. The monoisotopic (exact) mass is 118 g/mol. The van der Waals surface area contributed by atoms with Crippen LogP contribution in [0.2, 0.25) is 0 Å². The Kier molecular flexibility index (Phi) is 3.56. The fourth-order valence-electron chi connectivity index (χ4n) is 0.194. The second-order valence-electron chi connectivity index (χ2n) is 1.11. The summed E-state index contributed by atoms with van der Waals surface area (Å²) in [7, 11) is 0. The Morgan fingerprint density at radius 3 is 2.75 bits per heavy atom. The molecule has 0 heterocycles. The fourth-order valence-corrected chi connectivity index (χ4v) is 0.194. The van der Waals surface area contributed by atoms with Crippen LogP contribution in [-0.2, 0) is 14.3 Å². The third-order valence-electron chi connectivity index (χ3n) is 0.502. The van der Waals surface area contributed by atoms with Crippen LogP contribution in [0.4, 0.5) is 0 Å². The molecule has 8 heavy (non-hydrogen) atoms. The van der Waals surface area contributed by atoms with Gasteiger partial charge in [0.2, 0.25) is 0 Å². The maximum absolute atomic E-state index is 9.68. The topological polar surface area (TPSA) is 63.6 Å². The van der Waals surface area contributed by atoms with Crippen molar-refractivity contribution in [1.29, 1.82) is 0 Å². The van der Waals surface area contributed by atoms with E-state index in [0.717, 1.165) is 0 Å². The number of aliphatic carboxylic acids is 1. The van der Waals surface area contributed by atoms with Crippen molar-refractivity contribution in [3.63, 3.8) is 0 Å². The van der Waals surface area contributed by atoms with Crippen molar-refractivity contribution in [3.8, 4) is 0 Å². The molecule has 0 saturated carbocycles. The summed E-state index contributed by atoms with van der Waals surface area (Å²) >= 11 is 0. The van der Waals surface area contributed by atoms with Crippen LogP contribution >= 0.6 is 0 Å². The Bertz CT molecular complexity index is 88.0. The summed E-state index contributed by atoms with van der Waals surface area (Å²) in [5.41, 5.74) is 0. The lowest BCUT2D eigenvalue weighted by Gasteiger charge is -1.89. The minimum Gasteiger partial charge on any atom is -0.481 e. The van der Waals surface area contributed by atoms with Gasteiger partial charge in [-0.2, -0.15) is 0 Å². The van der Waals surface area contributed by atoms with E-state index in [1.165, 1.54) is 0 Å².